The van der Waals surface area contributed by atoms with Crippen molar-refractivity contribution in [3.05, 3.63) is 111 Å². The molecule has 3 aromatic rings. The molecule has 1 aromatic heterocycles. The SMILES string of the molecule is O=C1C2C=C[C@H]([C@H](O)c3ccc(Br)cc3)N(Nc3ccc([N+](=O)[O-])cc3)[C@@H]2C(=O)N1Cc1ccccn1. The fourth-order valence-electron chi connectivity index (χ4n) is 4.60. The number of anilines is 1. The zero-order chi connectivity index (χ0) is 26.1. The molecule has 2 aliphatic heterocycles. The number of nitro groups is 1. The average molecular weight is 564 g/mol. The maximum absolute atomic E-state index is 13.6. The standard InChI is InChI=1S/C26H22BrN5O5/c27-17-6-4-16(5-7-17)24(33)22-13-12-21-23(31(22)29-18-8-10-20(11-9-18)32(36)37)26(35)30(25(21)34)15-19-3-1-2-14-28-19/h1-14,21-24,29,33H,15H2/t21?,22-,23+,24-/m1/s1. The lowest BCUT2D eigenvalue weighted by atomic mass is 9.90. The normalized spacial score (nSPS) is 22.1. The summed E-state index contributed by atoms with van der Waals surface area (Å²) in [6, 6.07) is 16.5. The number of amides is 2. The van der Waals surface area contributed by atoms with Gasteiger partial charge in [-0.2, -0.15) is 0 Å². The average Bonchev–Trinajstić information content (AvgIpc) is 3.15. The van der Waals surface area contributed by atoms with Gasteiger partial charge in [-0.1, -0.05) is 46.3 Å². The monoisotopic (exact) mass is 563 g/mol. The zero-order valence-electron chi connectivity index (χ0n) is 19.3. The Kier molecular flexibility index (Phi) is 6.83. The van der Waals surface area contributed by atoms with Crippen molar-refractivity contribution in [2.75, 3.05) is 5.43 Å². The lowest BCUT2D eigenvalue weighted by Crippen LogP contribution is -2.55. The van der Waals surface area contributed by atoms with Crippen LogP contribution in [0.1, 0.15) is 17.4 Å². The second-order valence-electron chi connectivity index (χ2n) is 8.75. The third-order valence-corrected chi connectivity index (χ3v) is 6.99. The van der Waals surface area contributed by atoms with Crippen molar-refractivity contribution in [2.45, 2.75) is 24.7 Å². The van der Waals surface area contributed by atoms with E-state index in [1.165, 1.54) is 29.2 Å². The van der Waals surface area contributed by atoms with E-state index in [1.807, 2.05) is 0 Å². The maximum atomic E-state index is 13.6. The lowest BCUT2D eigenvalue weighted by Gasteiger charge is -2.40. The predicted octanol–water partition coefficient (Wildman–Crippen LogP) is 3.61. The number of non-ortho nitro benzene ring substituents is 1. The van der Waals surface area contributed by atoms with E-state index in [0.29, 0.717) is 16.9 Å². The molecule has 0 radical (unpaired) electrons. The summed E-state index contributed by atoms with van der Waals surface area (Å²) < 4.78 is 0.852. The highest BCUT2D eigenvalue weighted by atomic mass is 79.9. The summed E-state index contributed by atoms with van der Waals surface area (Å²) in [7, 11) is 0. The number of likely N-dealkylation sites (tertiary alicyclic amines) is 1. The Morgan fingerprint density at radius 3 is 2.41 bits per heavy atom. The molecule has 3 heterocycles. The first-order valence-electron chi connectivity index (χ1n) is 11.5. The quantitative estimate of drug-likeness (QED) is 0.193. The van der Waals surface area contributed by atoms with E-state index in [9.17, 15) is 24.8 Å². The van der Waals surface area contributed by atoms with Gasteiger partial charge >= 0.3 is 0 Å². The van der Waals surface area contributed by atoms with Gasteiger partial charge in [-0.05, 0) is 42.0 Å². The van der Waals surface area contributed by atoms with E-state index < -0.39 is 34.9 Å². The van der Waals surface area contributed by atoms with Crippen molar-refractivity contribution in [1.29, 1.82) is 0 Å². The van der Waals surface area contributed by atoms with Gasteiger partial charge in [0.1, 0.15) is 6.04 Å². The molecule has 0 spiro atoms. The van der Waals surface area contributed by atoms with E-state index in [4.69, 9.17) is 0 Å². The topological polar surface area (TPSA) is 129 Å². The minimum atomic E-state index is -1.04. The highest BCUT2D eigenvalue weighted by Crippen LogP contribution is 2.37. The molecule has 0 bridgehead atoms. The molecule has 37 heavy (non-hydrogen) atoms. The number of carbonyl (C=O) groups is 2. The number of rotatable bonds is 7. The first-order chi connectivity index (χ1) is 17.8. The molecule has 0 saturated carbocycles. The van der Waals surface area contributed by atoms with Crippen LogP contribution in [0.25, 0.3) is 0 Å². The van der Waals surface area contributed by atoms with E-state index >= 15 is 0 Å². The molecule has 10 nitrogen and oxygen atoms in total. The Labute approximate surface area is 220 Å². The molecular weight excluding hydrogens is 542 g/mol. The summed E-state index contributed by atoms with van der Waals surface area (Å²) in [5, 5.41) is 24.0. The summed E-state index contributed by atoms with van der Waals surface area (Å²) in [5.74, 6) is -1.55. The van der Waals surface area contributed by atoms with Crippen molar-refractivity contribution in [3.8, 4) is 0 Å². The van der Waals surface area contributed by atoms with Crippen LogP contribution < -0.4 is 5.43 Å². The molecule has 2 amide bonds. The summed E-state index contributed by atoms with van der Waals surface area (Å²) in [5.41, 5.74) is 4.72. The Balaban J connectivity index is 1.49. The smallest absolute Gasteiger partial charge is 0.269 e. The Hall–Kier alpha value is -3.93. The van der Waals surface area contributed by atoms with Gasteiger partial charge < -0.3 is 10.5 Å². The van der Waals surface area contributed by atoms with Crippen molar-refractivity contribution in [1.82, 2.24) is 14.9 Å². The van der Waals surface area contributed by atoms with Gasteiger partial charge in [-0.15, -0.1) is 0 Å². The van der Waals surface area contributed by atoms with E-state index in [1.54, 1.807) is 65.8 Å². The second-order valence-corrected chi connectivity index (χ2v) is 9.66. The number of aliphatic hydroxyl groups is 1. The molecule has 5 rings (SSSR count). The number of aromatic nitrogens is 1. The lowest BCUT2D eigenvalue weighted by molar-refractivity contribution is -0.384. The number of halogens is 1. The number of benzene rings is 2. The molecule has 1 fully saturated rings. The number of imide groups is 1. The first kappa shape index (κ1) is 24.8. The summed E-state index contributed by atoms with van der Waals surface area (Å²) in [4.78, 5) is 42.9. The third kappa shape index (κ3) is 4.88. The molecule has 1 saturated heterocycles. The van der Waals surface area contributed by atoms with Crippen LogP contribution in [-0.2, 0) is 16.1 Å². The van der Waals surface area contributed by atoms with Crippen LogP contribution in [-0.4, -0.2) is 48.8 Å². The van der Waals surface area contributed by atoms with Gasteiger partial charge in [-0.3, -0.25) is 29.6 Å². The number of carbonyl (C=O) groups excluding carboxylic acids is 2. The summed E-state index contributed by atoms with van der Waals surface area (Å²) in [6.45, 7) is 0.0324. The third-order valence-electron chi connectivity index (χ3n) is 6.46. The summed E-state index contributed by atoms with van der Waals surface area (Å²) in [6.07, 6.45) is 3.94. The van der Waals surface area contributed by atoms with Crippen molar-refractivity contribution in [3.63, 3.8) is 0 Å². The number of nitro benzene ring substituents is 1. The molecule has 0 aliphatic carbocycles. The molecule has 2 N–H and O–H groups in total. The van der Waals surface area contributed by atoms with Crippen LogP contribution >= 0.6 is 15.9 Å². The molecular formula is C26H22BrN5O5. The highest BCUT2D eigenvalue weighted by Gasteiger charge is 2.53. The van der Waals surface area contributed by atoms with Crippen LogP contribution in [0.2, 0.25) is 0 Å². The largest absolute Gasteiger partial charge is 0.386 e. The molecule has 2 aliphatic rings. The minimum absolute atomic E-state index is 0.0324. The van der Waals surface area contributed by atoms with Crippen LogP contribution in [0.5, 0.6) is 0 Å². The highest BCUT2D eigenvalue weighted by molar-refractivity contribution is 9.10. The van der Waals surface area contributed by atoms with Gasteiger partial charge in [0.15, 0.2) is 0 Å². The number of nitrogens with zero attached hydrogens (tertiary/aromatic N) is 4. The fourth-order valence-corrected chi connectivity index (χ4v) is 4.87. The Morgan fingerprint density at radius 2 is 1.76 bits per heavy atom. The molecule has 1 unspecified atom stereocenters. The number of hydrogen-bond donors (Lipinski definition) is 2. The van der Waals surface area contributed by atoms with Crippen molar-refractivity contribution in [2.24, 2.45) is 5.92 Å². The second kappa shape index (κ2) is 10.2. The number of hydrogen-bond acceptors (Lipinski definition) is 8. The molecule has 4 atom stereocenters. The minimum Gasteiger partial charge on any atom is -0.386 e. The number of fused-ring (bicyclic) bond motifs is 1. The summed E-state index contributed by atoms with van der Waals surface area (Å²) >= 11 is 3.39. The van der Waals surface area contributed by atoms with Crippen molar-refractivity contribution >= 4 is 39.1 Å². The van der Waals surface area contributed by atoms with E-state index in [-0.39, 0.29) is 18.1 Å². The fraction of sp³-hybridized carbons (Fsp3) is 0.192. The van der Waals surface area contributed by atoms with Gasteiger partial charge in [0.2, 0.25) is 11.8 Å². The predicted molar refractivity (Wildman–Crippen MR) is 138 cm³/mol. The van der Waals surface area contributed by atoms with Gasteiger partial charge in [-0.25, -0.2) is 5.01 Å². The van der Waals surface area contributed by atoms with Crippen LogP contribution in [0.3, 0.4) is 0 Å². The number of aliphatic hydroxyl groups excluding tert-OH is 1. The van der Waals surface area contributed by atoms with Gasteiger partial charge in [0.25, 0.3) is 5.69 Å². The van der Waals surface area contributed by atoms with Crippen LogP contribution in [0, 0.1) is 16.0 Å². The van der Waals surface area contributed by atoms with Gasteiger partial charge in [0.05, 0.1) is 35.2 Å². The van der Waals surface area contributed by atoms with Gasteiger partial charge in [0, 0.05) is 28.5 Å². The first-order valence-corrected chi connectivity index (χ1v) is 12.3. The van der Waals surface area contributed by atoms with Crippen molar-refractivity contribution < 1.29 is 19.6 Å². The number of hydrazine groups is 1. The Morgan fingerprint density at radius 1 is 1.03 bits per heavy atom. The molecule has 2 aromatic carbocycles. The van der Waals surface area contributed by atoms with Crippen LogP contribution in [0.15, 0.2) is 89.6 Å². The zero-order valence-corrected chi connectivity index (χ0v) is 20.9. The van der Waals surface area contributed by atoms with Crippen LogP contribution in [0.4, 0.5) is 11.4 Å². The van der Waals surface area contributed by atoms with E-state index in [2.05, 4.69) is 26.3 Å². The number of nitrogens with one attached hydrogen (secondary N) is 1. The molecule has 188 valence electrons. The Bertz CT molecular complexity index is 1350. The molecule has 11 heteroatoms. The maximum Gasteiger partial charge on any atom is 0.269 e. The number of pyridine rings is 1. The van der Waals surface area contributed by atoms with E-state index in [0.717, 1.165) is 4.47 Å².